The maximum atomic E-state index is 13.1. The van der Waals surface area contributed by atoms with Crippen molar-refractivity contribution in [3.63, 3.8) is 0 Å². The number of hydrogen-bond donors (Lipinski definition) is 2. The summed E-state index contributed by atoms with van der Waals surface area (Å²) < 4.78 is 0. The molecule has 2 N–H and O–H groups in total. The lowest BCUT2D eigenvalue weighted by atomic mass is 9.99. The van der Waals surface area contributed by atoms with Crippen molar-refractivity contribution in [2.45, 2.75) is 44.7 Å². The molecule has 0 spiro atoms. The first-order valence-corrected chi connectivity index (χ1v) is 9.75. The summed E-state index contributed by atoms with van der Waals surface area (Å²) in [6, 6.07) is 6.80. The monoisotopic (exact) mass is 385 g/mol. The molecule has 3 amide bonds. The maximum Gasteiger partial charge on any atom is 0.273 e. The maximum absolute atomic E-state index is 13.1. The van der Waals surface area contributed by atoms with Crippen molar-refractivity contribution in [3.8, 4) is 0 Å². The molecule has 27 heavy (non-hydrogen) atoms. The second-order valence-electron chi connectivity index (χ2n) is 6.62. The lowest BCUT2D eigenvalue weighted by molar-refractivity contribution is -0.124. The summed E-state index contributed by atoms with van der Waals surface area (Å²) in [6.07, 6.45) is 3.25. The van der Waals surface area contributed by atoms with Crippen molar-refractivity contribution >= 4 is 39.9 Å². The Kier molecular flexibility index (Phi) is 4.39. The zero-order valence-corrected chi connectivity index (χ0v) is 15.6. The molecule has 1 fully saturated rings. The highest BCUT2D eigenvalue weighted by molar-refractivity contribution is 7.15. The second-order valence-corrected chi connectivity index (χ2v) is 7.68. The third-order valence-electron chi connectivity index (χ3n) is 4.85. The Balaban J connectivity index is 1.63. The van der Waals surface area contributed by atoms with E-state index in [1.807, 2.05) is 0 Å². The number of carbonyl (C=O) groups is 3. The van der Waals surface area contributed by atoms with Crippen molar-refractivity contribution in [2.75, 3.05) is 10.2 Å². The van der Waals surface area contributed by atoms with E-state index in [1.54, 1.807) is 24.3 Å². The first kappa shape index (κ1) is 17.6. The molecule has 0 bridgehead atoms. The number of hydrogen-bond acceptors (Lipinski definition) is 6. The molecule has 1 aromatic carbocycles. The van der Waals surface area contributed by atoms with Crippen LogP contribution in [-0.4, -0.2) is 33.6 Å². The number of amides is 3. The van der Waals surface area contributed by atoms with Crippen LogP contribution < -0.4 is 15.5 Å². The van der Waals surface area contributed by atoms with Gasteiger partial charge in [-0.15, -0.1) is 10.2 Å². The highest BCUT2D eigenvalue weighted by Crippen LogP contribution is 2.39. The minimum Gasteiger partial charge on any atom is -0.321 e. The number of para-hydroxylation sites is 1. The van der Waals surface area contributed by atoms with Gasteiger partial charge in [-0.1, -0.05) is 36.8 Å². The quantitative estimate of drug-likeness (QED) is 0.820. The molecule has 9 heteroatoms. The number of rotatable bonds is 5. The van der Waals surface area contributed by atoms with Gasteiger partial charge in [0.05, 0.1) is 11.3 Å². The number of fused-ring (bicyclic) bond motifs is 3. The molecule has 3 heterocycles. The van der Waals surface area contributed by atoms with E-state index in [2.05, 4.69) is 27.8 Å². The lowest BCUT2D eigenvalue weighted by Gasteiger charge is -2.41. The van der Waals surface area contributed by atoms with E-state index in [0.29, 0.717) is 16.4 Å². The van der Waals surface area contributed by atoms with Crippen LogP contribution in [0.15, 0.2) is 24.3 Å². The molecule has 2 aliphatic heterocycles. The minimum atomic E-state index is -1.43. The van der Waals surface area contributed by atoms with Gasteiger partial charge in [0, 0.05) is 19.3 Å². The summed E-state index contributed by atoms with van der Waals surface area (Å²) in [7, 11) is 0. The zero-order chi connectivity index (χ0) is 19.0. The molecule has 4 rings (SSSR count). The molecule has 2 aliphatic rings. The molecule has 8 nitrogen and oxygen atoms in total. The van der Waals surface area contributed by atoms with Crippen LogP contribution in [0.5, 0.6) is 0 Å². The van der Waals surface area contributed by atoms with Crippen molar-refractivity contribution in [3.05, 3.63) is 34.8 Å². The van der Waals surface area contributed by atoms with Crippen LogP contribution >= 0.6 is 11.3 Å². The Bertz CT molecular complexity index is 927. The first-order chi connectivity index (χ1) is 13.0. The van der Waals surface area contributed by atoms with E-state index >= 15 is 0 Å². The van der Waals surface area contributed by atoms with Gasteiger partial charge >= 0.3 is 0 Å². The van der Waals surface area contributed by atoms with Crippen LogP contribution in [-0.2, 0) is 16.0 Å². The van der Waals surface area contributed by atoms with Gasteiger partial charge in [-0.3, -0.25) is 24.6 Å². The Morgan fingerprint density at radius 1 is 1.33 bits per heavy atom. The number of nitrogens with zero attached hydrogens (tertiary/aromatic N) is 3. The number of aromatic nitrogens is 2. The molecular formula is C18H19N5O3S. The van der Waals surface area contributed by atoms with Gasteiger partial charge in [0.2, 0.25) is 16.7 Å². The SMILES string of the molecule is CCCCc1nnc(NC(=O)[C@]23CCC(=O)N2c2ccccc2C(=O)N3)s1. The largest absolute Gasteiger partial charge is 0.321 e. The fourth-order valence-corrected chi connectivity index (χ4v) is 4.28. The molecule has 140 valence electrons. The predicted octanol–water partition coefficient (Wildman–Crippen LogP) is 2.09. The summed E-state index contributed by atoms with van der Waals surface area (Å²) in [4.78, 5) is 39.6. The molecule has 1 aromatic heterocycles. The second kappa shape index (κ2) is 6.73. The highest BCUT2D eigenvalue weighted by atomic mass is 32.1. The summed E-state index contributed by atoms with van der Waals surface area (Å²) in [5.74, 6) is -1.04. The van der Waals surface area contributed by atoms with Crippen molar-refractivity contribution in [2.24, 2.45) is 0 Å². The van der Waals surface area contributed by atoms with Crippen LogP contribution in [0.1, 0.15) is 48.0 Å². The molecule has 1 atom stereocenters. The van der Waals surface area contributed by atoms with E-state index in [0.717, 1.165) is 24.3 Å². The zero-order valence-electron chi connectivity index (χ0n) is 14.8. The van der Waals surface area contributed by atoms with Gasteiger partial charge in [-0.05, 0) is 18.6 Å². The fourth-order valence-electron chi connectivity index (χ4n) is 3.50. The van der Waals surface area contributed by atoms with Crippen molar-refractivity contribution in [1.82, 2.24) is 15.5 Å². The molecule has 2 aromatic rings. The van der Waals surface area contributed by atoms with Gasteiger partial charge in [0.15, 0.2) is 0 Å². The third kappa shape index (κ3) is 2.87. The predicted molar refractivity (Wildman–Crippen MR) is 101 cm³/mol. The standard InChI is InChI=1S/C18H19N5O3S/c1-2-3-8-13-21-22-17(27-13)19-16(26)18-10-9-14(24)23(18)12-7-5-4-6-11(12)15(25)20-18/h4-7H,2-3,8-10H2,1H3,(H,20,25)(H,19,22,26)/t18-/m0/s1. The number of anilines is 2. The van der Waals surface area contributed by atoms with Crippen LogP contribution in [0.25, 0.3) is 0 Å². The lowest BCUT2D eigenvalue weighted by Crippen LogP contribution is -2.68. The topological polar surface area (TPSA) is 104 Å². The molecule has 0 aliphatic carbocycles. The van der Waals surface area contributed by atoms with Gasteiger partial charge in [0.1, 0.15) is 5.01 Å². The van der Waals surface area contributed by atoms with E-state index < -0.39 is 11.6 Å². The van der Waals surface area contributed by atoms with Gasteiger partial charge in [-0.2, -0.15) is 0 Å². The van der Waals surface area contributed by atoms with Crippen LogP contribution in [0, 0.1) is 0 Å². The molecular weight excluding hydrogens is 366 g/mol. The van der Waals surface area contributed by atoms with Crippen LogP contribution in [0.3, 0.4) is 0 Å². The minimum absolute atomic E-state index is 0.180. The fraction of sp³-hybridized carbons (Fsp3) is 0.389. The normalized spacial score (nSPS) is 20.9. The van der Waals surface area contributed by atoms with Gasteiger partial charge < -0.3 is 5.32 Å². The van der Waals surface area contributed by atoms with E-state index in [1.165, 1.54) is 16.2 Å². The smallest absolute Gasteiger partial charge is 0.273 e. The Morgan fingerprint density at radius 3 is 2.96 bits per heavy atom. The van der Waals surface area contributed by atoms with Crippen molar-refractivity contribution < 1.29 is 14.4 Å². The number of benzene rings is 1. The van der Waals surface area contributed by atoms with Crippen molar-refractivity contribution in [1.29, 1.82) is 0 Å². The summed E-state index contributed by atoms with van der Waals surface area (Å²) in [6.45, 7) is 2.10. The molecule has 1 saturated heterocycles. The Morgan fingerprint density at radius 2 is 2.15 bits per heavy atom. The summed E-state index contributed by atoms with van der Waals surface area (Å²) in [5, 5.41) is 14.8. The number of unbranched alkanes of at least 4 members (excludes halogenated alkanes) is 1. The molecule has 0 radical (unpaired) electrons. The average Bonchev–Trinajstić information content (AvgIpc) is 3.25. The molecule has 0 unspecified atom stereocenters. The number of carbonyl (C=O) groups excluding carboxylic acids is 3. The van der Waals surface area contributed by atoms with E-state index in [4.69, 9.17) is 0 Å². The first-order valence-electron chi connectivity index (χ1n) is 8.93. The number of nitrogens with one attached hydrogen (secondary N) is 2. The highest BCUT2D eigenvalue weighted by Gasteiger charge is 2.56. The van der Waals surface area contributed by atoms with Gasteiger partial charge in [-0.25, -0.2) is 0 Å². The van der Waals surface area contributed by atoms with E-state index in [-0.39, 0.29) is 24.7 Å². The van der Waals surface area contributed by atoms with Gasteiger partial charge in [0.25, 0.3) is 11.8 Å². The molecule has 0 saturated carbocycles. The summed E-state index contributed by atoms with van der Waals surface area (Å²) >= 11 is 1.31. The Labute approximate surface area is 160 Å². The van der Waals surface area contributed by atoms with Crippen LogP contribution in [0.2, 0.25) is 0 Å². The third-order valence-corrected chi connectivity index (χ3v) is 5.75. The summed E-state index contributed by atoms with van der Waals surface area (Å²) in [5.41, 5.74) is -0.591. The average molecular weight is 385 g/mol. The Hall–Kier alpha value is -2.81. The van der Waals surface area contributed by atoms with Crippen LogP contribution in [0.4, 0.5) is 10.8 Å². The van der Waals surface area contributed by atoms with E-state index in [9.17, 15) is 14.4 Å². The number of aryl methyl sites for hydroxylation is 1.